The molecular formula is C8H9N5O2S2. The highest BCUT2D eigenvalue weighted by molar-refractivity contribution is 7.93. The summed E-state index contributed by atoms with van der Waals surface area (Å²) in [4.78, 5) is 0.0656. The summed E-state index contributed by atoms with van der Waals surface area (Å²) >= 11 is 0.955. The third-order valence-corrected chi connectivity index (χ3v) is 4.06. The minimum atomic E-state index is -3.69. The number of anilines is 2. The normalized spacial score (nSPS) is 11.1. The first-order valence-corrected chi connectivity index (χ1v) is 6.75. The predicted molar refractivity (Wildman–Crippen MR) is 65.0 cm³/mol. The lowest BCUT2D eigenvalue weighted by atomic mass is 10.3. The number of nitrogen functional groups attached to an aromatic ring is 1. The van der Waals surface area contributed by atoms with Crippen molar-refractivity contribution < 1.29 is 8.42 Å². The molecular weight excluding hydrogens is 262 g/mol. The first-order valence-electron chi connectivity index (χ1n) is 4.49. The Kier molecular flexibility index (Phi) is 3.22. The van der Waals surface area contributed by atoms with Crippen LogP contribution in [0.25, 0.3) is 0 Å². The molecule has 0 amide bonds. The van der Waals surface area contributed by atoms with Gasteiger partial charge in [0.15, 0.2) is 0 Å². The van der Waals surface area contributed by atoms with Crippen LogP contribution in [0.3, 0.4) is 0 Å². The molecule has 9 heteroatoms. The van der Waals surface area contributed by atoms with Crippen LogP contribution in [0.4, 0.5) is 10.7 Å². The number of rotatable bonds is 4. The van der Waals surface area contributed by atoms with Crippen LogP contribution in [0.2, 0.25) is 0 Å². The molecule has 0 aliphatic carbocycles. The lowest BCUT2D eigenvalue weighted by molar-refractivity contribution is 0.601. The van der Waals surface area contributed by atoms with Crippen LogP contribution in [0.1, 0.15) is 0 Å². The second-order valence-electron chi connectivity index (χ2n) is 3.03. The summed E-state index contributed by atoms with van der Waals surface area (Å²) in [5, 5.41) is 3.89. The predicted octanol–water partition coefficient (Wildman–Crippen LogP) is 0.625. The van der Waals surface area contributed by atoms with Gasteiger partial charge in [0.25, 0.3) is 10.0 Å². The molecule has 0 bridgehead atoms. The average Bonchev–Trinajstić information content (AvgIpc) is 2.81. The third-order valence-electron chi connectivity index (χ3n) is 1.93. The molecule has 2 rings (SSSR count). The molecule has 90 valence electrons. The Balaban J connectivity index is 2.38. The number of aromatic nitrogens is 2. The van der Waals surface area contributed by atoms with E-state index in [1.54, 1.807) is 18.2 Å². The van der Waals surface area contributed by atoms with E-state index in [4.69, 9.17) is 5.84 Å². The summed E-state index contributed by atoms with van der Waals surface area (Å²) in [5.74, 6) is 5.26. The summed E-state index contributed by atoms with van der Waals surface area (Å²) < 4.78 is 30.0. The fourth-order valence-electron chi connectivity index (χ4n) is 1.22. The second kappa shape index (κ2) is 4.65. The SMILES string of the molecule is NNc1ccccc1S(=O)(=O)Nc1cnns1. The highest BCUT2D eigenvalue weighted by atomic mass is 32.2. The van der Waals surface area contributed by atoms with Gasteiger partial charge in [-0.15, -0.1) is 5.10 Å². The standard InChI is InChI=1S/C8H9N5O2S2/c9-11-6-3-1-2-4-7(6)17(14,15)12-8-5-10-13-16-8/h1-5,11-12H,9H2. The molecule has 2 aromatic rings. The smallest absolute Gasteiger partial charge is 0.264 e. The Bertz CT molecular complexity index is 596. The van der Waals surface area contributed by atoms with Crippen LogP contribution >= 0.6 is 11.5 Å². The van der Waals surface area contributed by atoms with Crippen molar-refractivity contribution in [1.82, 2.24) is 9.59 Å². The van der Waals surface area contributed by atoms with E-state index < -0.39 is 10.0 Å². The molecule has 0 spiro atoms. The molecule has 17 heavy (non-hydrogen) atoms. The quantitative estimate of drug-likeness (QED) is 0.555. The molecule has 1 aromatic heterocycles. The monoisotopic (exact) mass is 271 g/mol. The van der Waals surface area contributed by atoms with Crippen LogP contribution in [-0.4, -0.2) is 18.0 Å². The van der Waals surface area contributed by atoms with Crippen molar-refractivity contribution in [2.45, 2.75) is 4.90 Å². The number of sulfonamides is 1. The number of benzene rings is 1. The van der Waals surface area contributed by atoms with E-state index in [1.807, 2.05) is 0 Å². The highest BCUT2D eigenvalue weighted by Crippen LogP contribution is 2.23. The topological polar surface area (TPSA) is 110 Å². The average molecular weight is 271 g/mol. The molecule has 0 aliphatic heterocycles. The summed E-state index contributed by atoms with van der Waals surface area (Å²) in [5.41, 5.74) is 2.65. The van der Waals surface area contributed by atoms with Gasteiger partial charge in [-0.2, -0.15) is 0 Å². The van der Waals surface area contributed by atoms with E-state index in [9.17, 15) is 8.42 Å². The van der Waals surface area contributed by atoms with Gasteiger partial charge in [-0.05, 0) is 12.1 Å². The summed E-state index contributed by atoms with van der Waals surface area (Å²) in [6.07, 6.45) is 1.33. The van der Waals surface area contributed by atoms with Crippen molar-refractivity contribution in [2.24, 2.45) is 5.84 Å². The van der Waals surface area contributed by atoms with Crippen molar-refractivity contribution in [3.8, 4) is 0 Å². The first-order chi connectivity index (χ1) is 8.13. The van der Waals surface area contributed by atoms with E-state index in [-0.39, 0.29) is 4.90 Å². The van der Waals surface area contributed by atoms with E-state index in [1.165, 1.54) is 12.3 Å². The van der Waals surface area contributed by atoms with Crippen LogP contribution in [0.15, 0.2) is 35.4 Å². The number of hydrogen-bond acceptors (Lipinski definition) is 7. The summed E-state index contributed by atoms with van der Waals surface area (Å²) in [6, 6.07) is 6.31. The molecule has 0 saturated heterocycles. The van der Waals surface area contributed by atoms with E-state index >= 15 is 0 Å². The minimum Gasteiger partial charge on any atom is -0.323 e. The minimum absolute atomic E-state index is 0.0656. The van der Waals surface area contributed by atoms with Crippen molar-refractivity contribution in [1.29, 1.82) is 0 Å². The Labute approximate surface area is 102 Å². The maximum atomic E-state index is 12.0. The fraction of sp³-hybridized carbons (Fsp3) is 0. The number of para-hydroxylation sites is 1. The Hall–Kier alpha value is -1.71. The van der Waals surface area contributed by atoms with Gasteiger partial charge in [-0.1, -0.05) is 16.6 Å². The number of nitrogens with two attached hydrogens (primary N) is 1. The Morgan fingerprint density at radius 1 is 1.29 bits per heavy atom. The number of hydrazine groups is 1. The molecule has 4 N–H and O–H groups in total. The lowest BCUT2D eigenvalue weighted by Crippen LogP contribution is -2.17. The first kappa shape index (κ1) is 11.8. The fourth-order valence-corrected chi connectivity index (χ4v) is 3.08. The molecule has 0 atom stereocenters. The van der Waals surface area contributed by atoms with E-state index in [2.05, 4.69) is 19.7 Å². The van der Waals surface area contributed by atoms with Crippen LogP contribution in [0.5, 0.6) is 0 Å². The molecule has 1 heterocycles. The number of nitrogens with one attached hydrogen (secondary N) is 2. The zero-order valence-electron chi connectivity index (χ0n) is 8.49. The van der Waals surface area contributed by atoms with Gasteiger partial charge in [0.05, 0.1) is 11.9 Å². The van der Waals surface area contributed by atoms with Crippen molar-refractivity contribution in [3.63, 3.8) is 0 Å². The zero-order chi connectivity index (χ0) is 12.3. The maximum absolute atomic E-state index is 12.0. The van der Waals surface area contributed by atoms with Gasteiger partial charge in [-0.3, -0.25) is 10.6 Å². The van der Waals surface area contributed by atoms with Gasteiger partial charge < -0.3 is 5.43 Å². The van der Waals surface area contributed by atoms with E-state index in [0.717, 1.165) is 11.5 Å². The summed E-state index contributed by atoms with van der Waals surface area (Å²) in [6.45, 7) is 0. The van der Waals surface area contributed by atoms with E-state index in [0.29, 0.717) is 10.7 Å². The molecule has 0 unspecified atom stereocenters. The molecule has 1 aromatic carbocycles. The maximum Gasteiger partial charge on any atom is 0.264 e. The highest BCUT2D eigenvalue weighted by Gasteiger charge is 2.18. The summed E-state index contributed by atoms with van der Waals surface area (Å²) in [7, 11) is -3.69. The molecule has 0 saturated carbocycles. The molecule has 0 aliphatic rings. The van der Waals surface area contributed by atoms with Gasteiger partial charge in [0.2, 0.25) is 0 Å². The molecule has 0 fully saturated rings. The van der Waals surface area contributed by atoms with Crippen molar-refractivity contribution in [2.75, 3.05) is 10.1 Å². The van der Waals surface area contributed by atoms with Gasteiger partial charge in [0, 0.05) is 11.5 Å². The Morgan fingerprint density at radius 3 is 2.71 bits per heavy atom. The van der Waals surface area contributed by atoms with Gasteiger partial charge >= 0.3 is 0 Å². The Morgan fingerprint density at radius 2 is 2.06 bits per heavy atom. The van der Waals surface area contributed by atoms with Gasteiger partial charge in [-0.25, -0.2) is 8.42 Å². The van der Waals surface area contributed by atoms with Crippen LogP contribution in [0, 0.1) is 0 Å². The second-order valence-corrected chi connectivity index (χ2v) is 5.46. The van der Waals surface area contributed by atoms with Gasteiger partial charge in [0.1, 0.15) is 9.90 Å². The van der Waals surface area contributed by atoms with Crippen LogP contribution in [-0.2, 0) is 10.0 Å². The largest absolute Gasteiger partial charge is 0.323 e. The zero-order valence-corrected chi connectivity index (χ0v) is 10.1. The van der Waals surface area contributed by atoms with Crippen molar-refractivity contribution in [3.05, 3.63) is 30.5 Å². The molecule has 7 nitrogen and oxygen atoms in total. The number of nitrogens with zero attached hydrogens (tertiary/aromatic N) is 2. The third kappa shape index (κ3) is 2.52. The number of hydrogen-bond donors (Lipinski definition) is 3. The lowest BCUT2D eigenvalue weighted by Gasteiger charge is -2.09. The van der Waals surface area contributed by atoms with Crippen LogP contribution < -0.4 is 16.0 Å². The van der Waals surface area contributed by atoms with Crippen molar-refractivity contribution >= 4 is 32.2 Å². The molecule has 0 radical (unpaired) electrons.